The van der Waals surface area contributed by atoms with Crippen molar-refractivity contribution < 1.29 is 0 Å². The summed E-state index contributed by atoms with van der Waals surface area (Å²) in [6.07, 6.45) is 1.86. The molecule has 0 spiro atoms. The van der Waals surface area contributed by atoms with Crippen molar-refractivity contribution in [3.8, 4) is 0 Å². The van der Waals surface area contributed by atoms with E-state index >= 15 is 0 Å². The van der Waals surface area contributed by atoms with Gasteiger partial charge in [-0.3, -0.25) is 4.98 Å². The number of nitrogens with two attached hydrogens (primary N) is 1. The zero-order valence-corrected chi connectivity index (χ0v) is 12.1. The van der Waals surface area contributed by atoms with Crippen LogP contribution in [0.4, 0.5) is 0 Å². The van der Waals surface area contributed by atoms with Crippen LogP contribution in [-0.2, 0) is 0 Å². The van der Waals surface area contributed by atoms with E-state index < -0.39 is 0 Å². The monoisotopic (exact) mass is 338 g/mol. The predicted octanol–water partition coefficient (Wildman–Crippen LogP) is 3.35. The van der Waals surface area contributed by atoms with Crippen LogP contribution in [0.25, 0.3) is 0 Å². The highest BCUT2D eigenvalue weighted by molar-refractivity contribution is 14.1. The van der Waals surface area contributed by atoms with Gasteiger partial charge in [-0.15, -0.1) is 0 Å². The Morgan fingerprint density at radius 1 is 1.18 bits per heavy atom. The Balaban J connectivity index is 2.40. The lowest BCUT2D eigenvalue weighted by atomic mass is 9.99. The Labute approximate surface area is 115 Å². The van der Waals surface area contributed by atoms with E-state index in [1.807, 2.05) is 31.3 Å². The highest BCUT2D eigenvalue weighted by Gasteiger charge is 2.13. The van der Waals surface area contributed by atoms with Crippen LogP contribution in [0.5, 0.6) is 0 Å². The highest BCUT2D eigenvalue weighted by atomic mass is 127. The number of rotatable bonds is 2. The summed E-state index contributed by atoms with van der Waals surface area (Å²) in [4.78, 5) is 4.30. The van der Waals surface area contributed by atoms with Gasteiger partial charge in [-0.2, -0.15) is 0 Å². The fourth-order valence-corrected chi connectivity index (χ4v) is 2.45. The lowest BCUT2D eigenvalue weighted by molar-refractivity contribution is 0.852. The van der Waals surface area contributed by atoms with Crippen molar-refractivity contribution in [1.82, 2.24) is 4.98 Å². The summed E-state index contributed by atoms with van der Waals surface area (Å²) in [7, 11) is 0. The summed E-state index contributed by atoms with van der Waals surface area (Å²) in [5, 5.41) is 0. The molecule has 0 saturated heterocycles. The van der Waals surface area contributed by atoms with E-state index in [4.69, 9.17) is 5.73 Å². The van der Waals surface area contributed by atoms with Gasteiger partial charge in [-0.1, -0.05) is 24.3 Å². The number of benzene rings is 1. The maximum atomic E-state index is 6.29. The number of nitrogens with zero attached hydrogens (tertiary/aromatic N) is 1. The van der Waals surface area contributed by atoms with E-state index in [0.717, 1.165) is 16.8 Å². The Morgan fingerprint density at radius 3 is 2.59 bits per heavy atom. The molecule has 0 amide bonds. The number of hydrogen-bond donors (Lipinski definition) is 1. The standard InChI is InChI=1S/C14H15IN2/c1-9-4-3-5-12(13(9)15)14(16)11-7-6-10(2)17-8-11/h3-8,14H,16H2,1-2H3. The summed E-state index contributed by atoms with van der Waals surface area (Å²) < 4.78 is 1.23. The third-order valence-electron chi connectivity index (χ3n) is 2.85. The van der Waals surface area contributed by atoms with Crippen molar-refractivity contribution in [2.24, 2.45) is 5.73 Å². The number of halogens is 1. The Bertz CT molecular complexity index is 520. The lowest BCUT2D eigenvalue weighted by Gasteiger charge is -2.15. The fourth-order valence-electron chi connectivity index (χ4n) is 1.75. The van der Waals surface area contributed by atoms with Gasteiger partial charge in [0, 0.05) is 15.5 Å². The first-order valence-electron chi connectivity index (χ1n) is 5.52. The van der Waals surface area contributed by atoms with Crippen LogP contribution < -0.4 is 5.73 Å². The minimum Gasteiger partial charge on any atom is -0.320 e. The smallest absolute Gasteiger partial charge is 0.0577 e. The van der Waals surface area contributed by atoms with E-state index in [-0.39, 0.29) is 6.04 Å². The molecule has 88 valence electrons. The molecule has 1 aromatic carbocycles. The van der Waals surface area contributed by atoms with Crippen LogP contribution in [0, 0.1) is 17.4 Å². The lowest BCUT2D eigenvalue weighted by Crippen LogP contribution is -2.14. The second-order valence-corrected chi connectivity index (χ2v) is 5.27. The van der Waals surface area contributed by atoms with Gasteiger partial charge >= 0.3 is 0 Å². The summed E-state index contributed by atoms with van der Waals surface area (Å²) in [5.41, 5.74) is 10.8. The van der Waals surface area contributed by atoms with Crippen LogP contribution in [-0.4, -0.2) is 4.98 Å². The fraction of sp³-hybridized carbons (Fsp3) is 0.214. The zero-order valence-electron chi connectivity index (χ0n) is 9.94. The van der Waals surface area contributed by atoms with Gasteiger partial charge in [0.1, 0.15) is 0 Å². The largest absolute Gasteiger partial charge is 0.320 e. The van der Waals surface area contributed by atoms with Crippen molar-refractivity contribution in [3.05, 3.63) is 62.5 Å². The molecule has 17 heavy (non-hydrogen) atoms. The van der Waals surface area contributed by atoms with Crippen LogP contribution in [0.3, 0.4) is 0 Å². The number of pyridine rings is 1. The second kappa shape index (κ2) is 5.14. The van der Waals surface area contributed by atoms with Crippen LogP contribution in [0.2, 0.25) is 0 Å². The average Bonchev–Trinajstić information content (AvgIpc) is 2.33. The maximum absolute atomic E-state index is 6.29. The normalized spacial score (nSPS) is 12.5. The Hall–Kier alpha value is -0.940. The summed E-state index contributed by atoms with van der Waals surface area (Å²) in [5.74, 6) is 0. The molecule has 1 unspecified atom stereocenters. The SMILES string of the molecule is Cc1ccc(C(N)c2cccc(C)c2I)cn1. The first kappa shape index (κ1) is 12.5. The van der Waals surface area contributed by atoms with E-state index in [1.54, 1.807) is 0 Å². The third kappa shape index (κ3) is 2.66. The molecule has 1 aromatic heterocycles. The molecule has 2 nitrogen and oxygen atoms in total. The van der Waals surface area contributed by atoms with Gasteiger partial charge in [0.15, 0.2) is 0 Å². The number of aryl methyl sites for hydroxylation is 2. The van der Waals surface area contributed by atoms with Gasteiger partial charge in [0.05, 0.1) is 6.04 Å². The van der Waals surface area contributed by atoms with Crippen molar-refractivity contribution in [1.29, 1.82) is 0 Å². The molecule has 0 fully saturated rings. The Kier molecular flexibility index (Phi) is 3.79. The van der Waals surface area contributed by atoms with E-state index in [1.165, 1.54) is 9.13 Å². The van der Waals surface area contributed by atoms with Crippen molar-refractivity contribution in [3.63, 3.8) is 0 Å². The zero-order chi connectivity index (χ0) is 12.4. The second-order valence-electron chi connectivity index (χ2n) is 4.19. The quantitative estimate of drug-likeness (QED) is 0.853. The molecule has 3 heteroatoms. The highest BCUT2D eigenvalue weighted by Crippen LogP contribution is 2.25. The maximum Gasteiger partial charge on any atom is 0.0577 e. The molecule has 0 aliphatic carbocycles. The van der Waals surface area contributed by atoms with Crippen molar-refractivity contribution in [2.45, 2.75) is 19.9 Å². The molecule has 1 atom stereocenters. The molecular weight excluding hydrogens is 323 g/mol. The number of aromatic nitrogens is 1. The van der Waals surface area contributed by atoms with Gasteiger partial charge < -0.3 is 5.73 Å². The molecule has 1 heterocycles. The molecule has 0 radical (unpaired) electrons. The van der Waals surface area contributed by atoms with Gasteiger partial charge in [0.2, 0.25) is 0 Å². The molecule has 2 N–H and O–H groups in total. The Morgan fingerprint density at radius 2 is 1.94 bits per heavy atom. The van der Waals surface area contributed by atoms with Crippen molar-refractivity contribution >= 4 is 22.6 Å². The summed E-state index contributed by atoms with van der Waals surface area (Å²) in [6.45, 7) is 4.08. The van der Waals surface area contributed by atoms with Crippen LogP contribution >= 0.6 is 22.6 Å². The van der Waals surface area contributed by atoms with Crippen LogP contribution in [0.1, 0.15) is 28.4 Å². The number of hydrogen-bond acceptors (Lipinski definition) is 2. The van der Waals surface area contributed by atoms with Gasteiger partial charge in [0.25, 0.3) is 0 Å². The third-order valence-corrected chi connectivity index (χ3v) is 4.32. The molecule has 0 bridgehead atoms. The average molecular weight is 338 g/mol. The molecule has 2 aromatic rings. The molecule has 0 aliphatic rings. The van der Waals surface area contributed by atoms with E-state index in [9.17, 15) is 0 Å². The van der Waals surface area contributed by atoms with E-state index in [0.29, 0.717) is 0 Å². The van der Waals surface area contributed by atoms with E-state index in [2.05, 4.69) is 46.6 Å². The first-order valence-corrected chi connectivity index (χ1v) is 6.60. The molecule has 0 saturated carbocycles. The molecule has 0 aliphatic heterocycles. The van der Waals surface area contributed by atoms with Gasteiger partial charge in [-0.25, -0.2) is 0 Å². The van der Waals surface area contributed by atoms with Crippen molar-refractivity contribution in [2.75, 3.05) is 0 Å². The van der Waals surface area contributed by atoms with Gasteiger partial charge in [-0.05, 0) is 59.2 Å². The predicted molar refractivity (Wildman–Crippen MR) is 78.9 cm³/mol. The topological polar surface area (TPSA) is 38.9 Å². The summed E-state index contributed by atoms with van der Waals surface area (Å²) >= 11 is 2.35. The van der Waals surface area contributed by atoms with Crippen LogP contribution in [0.15, 0.2) is 36.5 Å². The first-order chi connectivity index (χ1) is 8.09. The molecular formula is C14H15IN2. The minimum atomic E-state index is -0.102. The minimum absolute atomic E-state index is 0.102. The summed E-state index contributed by atoms with van der Waals surface area (Å²) in [6, 6.07) is 10.2. The molecule has 2 rings (SSSR count).